The molecule has 1 aliphatic heterocycles. The van der Waals surface area contributed by atoms with Crippen molar-refractivity contribution in [3.63, 3.8) is 0 Å². The molecule has 0 spiro atoms. The number of imidazole rings is 1. The van der Waals surface area contributed by atoms with E-state index in [2.05, 4.69) is 20.3 Å². The van der Waals surface area contributed by atoms with Crippen molar-refractivity contribution >= 4 is 28.6 Å². The van der Waals surface area contributed by atoms with Crippen molar-refractivity contribution in [2.45, 2.75) is 75.0 Å². The minimum atomic E-state index is -2.73. The van der Waals surface area contributed by atoms with Crippen LogP contribution in [0.25, 0.3) is 16.9 Å². The molecule has 0 bridgehead atoms. The predicted octanol–water partition coefficient (Wildman–Crippen LogP) is 5.76. The molecule has 8 nitrogen and oxygen atoms in total. The van der Waals surface area contributed by atoms with Gasteiger partial charge in [0.2, 0.25) is 0 Å². The summed E-state index contributed by atoms with van der Waals surface area (Å²) in [6.07, 6.45) is 6.23. The highest BCUT2D eigenvalue weighted by Crippen LogP contribution is 2.30. The lowest BCUT2D eigenvalue weighted by molar-refractivity contribution is -0.172. The van der Waals surface area contributed by atoms with Crippen molar-refractivity contribution in [1.29, 1.82) is 0 Å². The van der Waals surface area contributed by atoms with Gasteiger partial charge in [0.05, 0.1) is 30.4 Å². The smallest absolute Gasteiger partial charge is 0.296 e. The van der Waals surface area contributed by atoms with Gasteiger partial charge in [0, 0.05) is 18.7 Å². The molecule has 1 aromatic carbocycles. The van der Waals surface area contributed by atoms with Crippen molar-refractivity contribution in [1.82, 2.24) is 19.5 Å². The Kier molecular flexibility index (Phi) is 8.85. The monoisotopic (exact) mass is 533 g/mol. The van der Waals surface area contributed by atoms with Crippen LogP contribution in [0.3, 0.4) is 0 Å². The third kappa shape index (κ3) is 6.57. The molecule has 2 aromatic heterocycles. The van der Waals surface area contributed by atoms with Crippen LogP contribution in [-0.4, -0.2) is 64.0 Å². The molecule has 11 heteroatoms. The minimum absolute atomic E-state index is 0.0849. The van der Waals surface area contributed by atoms with Crippen LogP contribution in [0, 0.1) is 0 Å². The lowest BCUT2D eigenvalue weighted by Gasteiger charge is -2.30. The van der Waals surface area contributed by atoms with Crippen LogP contribution in [0.1, 0.15) is 57.2 Å². The van der Waals surface area contributed by atoms with Gasteiger partial charge in [-0.15, -0.1) is 0 Å². The second-order valence-electron chi connectivity index (χ2n) is 9.35. The highest BCUT2D eigenvalue weighted by Gasteiger charge is 2.24. The summed E-state index contributed by atoms with van der Waals surface area (Å²) in [6.45, 7) is 1.90. The highest BCUT2D eigenvalue weighted by molar-refractivity contribution is 7.98. The summed E-state index contributed by atoms with van der Waals surface area (Å²) in [4.78, 5) is 13.3. The third-order valence-electron chi connectivity index (χ3n) is 6.79. The van der Waals surface area contributed by atoms with E-state index in [0.29, 0.717) is 41.0 Å². The minimum Gasteiger partial charge on any atom is -0.376 e. The normalized spacial score (nSPS) is 22.5. The number of fused-ring (bicyclic) bond motifs is 1. The van der Waals surface area contributed by atoms with Crippen LogP contribution in [0.5, 0.6) is 0 Å². The molecule has 2 aliphatic rings. The molecule has 1 aliphatic carbocycles. The van der Waals surface area contributed by atoms with Gasteiger partial charge in [0.1, 0.15) is 11.6 Å². The first-order chi connectivity index (χ1) is 18.1. The highest BCUT2D eigenvalue weighted by atomic mass is 32.2. The number of nitrogens with zero attached hydrogens (tertiary/aromatic N) is 4. The topological polar surface area (TPSA) is 83.3 Å². The van der Waals surface area contributed by atoms with Crippen LogP contribution in [0.2, 0.25) is 0 Å². The Morgan fingerprint density at radius 3 is 2.62 bits per heavy atom. The number of anilines is 1. The van der Waals surface area contributed by atoms with Crippen molar-refractivity contribution in [3.8, 4) is 5.82 Å². The number of para-hydroxylation sites is 2. The van der Waals surface area contributed by atoms with Crippen molar-refractivity contribution in [3.05, 3.63) is 36.2 Å². The van der Waals surface area contributed by atoms with Crippen LogP contribution in [0.15, 0.2) is 35.5 Å². The molecule has 0 radical (unpaired) electrons. The third-order valence-corrected chi connectivity index (χ3v) is 7.34. The van der Waals surface area contributed by atoms with Gasteiger partial charge in [-0.1, -0.05) is 23.9 Å². The van der Waals surface area contributed by atoms with Gasteiger partial charge < -0.3 is 19.5 Å². The molecular weight excluding hydrogens is 500 g/mol. The molecule has 1 unspecified atom stereocenters. The summed E-state index contributed by atoms with van der Waals surface area (Å²) >= 11 is 1.37. The van der Waals surface area contributed by atoms with E-state index in [1.165, 1.54) is 16.3 Å². The standard InChI is InChI=1S/C26H33F2N5O3S/c1-37-26-31-21(16-22(32-26)33-20-7-3-2-6-19(20)30-25(33)24(27)28)29-17-9-11-18(12-10-17)34-14-15-36-23-8-4-5-13-35-23/h2-3,6-7,16-18,23-24H,4-5,8-15H2,1H3,(H,29,31,32)/t17-,18-,23?. The first kappa shape index (κ1) is 26.3. The number of hydrogen-bond donors (Lipinski definition) is 1. The number of benzene rings is 1. The van der Waals surface area contributed by atoms with Crippen LogP contribution in [-0.2, 0) is 14.2 Å². The SMILES string of the molecule is CSc1nc(N[C@H]2CC[C@H](OCCOC3CCCCO3)CC2)cc(-n2c(C(F)F)nc3ccccc32)n1. The Morgan fingerprint density at radius 1 is 1.05 bits per heavy atom. The quantitative estimate of drug-likeness (QED) is 0.200. The maximum Gasteiger partial charge on any atom is 0.296 e. The summed E-state index contributed by atoms with van der Waals surface area (Å²) < 4.78 is 46.6. The van der Waals surface area contributed by atoms with Crippen LogP contribution in [0.4, 0.5) is 14.6 Å². The fraction of sp³-hybridized carbons (Fsp3) is 0.577. The van der Waals surface area contributed by atoms with E-state index in [0.717, 1.165) is 51.6 Å². The Bertz CT molecular complexity index is 1170. The molecule has 3 aromatic rings. The average molecular weight is 534 g/mol. The molecule has 2 fully saturated rings. The molecule has 3 heterocycles. The predicted molar refractivity (Wildman–Crippen MR) is 139 cm³/mol. The van der Waals surface area contributed by atoms with Crippen molar-refractivity contribution in [2.24, 2.45) is 0 Å². The molecule has 37 heavy (non-hydrogen) atoms. The maximum atomic E-state index is 13.9. The molecule has 1 N–H and O–H groups in total. The zero-order chi connectivity index (χ0) is 25.6. The lowest BCUT2D eigenvalue weighted by atomic mass is 9.93. The number of alkyl halides is 2. The number of ether oxygens (including phenoxy) is 3. The maximum absolute atomic E-state index is 13.9. The number of halogens is 2. The number of nitrogens with one attached hydrogen (secondary N) is 1. The van der Waals surface area contributed by atoms with E-state index < -0.39 is 6.43 Å². The second-order valence-corrected chi connectivity index (χ2v) is 10.1. The van der Waals surface area contributed by atoms with E-state index in [4.69, 9.17) is 14.2 Å². The second kappa shape index (κ2) is 12.5. The first-order valence-corrected chi connectivity index (χ1v) is 14.1. The Morgan fingerprint density at radius 2 is 1.86 bits per heavy atom. The number of thioether (sulfide) groups is 1. The van der Waals surface area contributed by atoms with E-state index in [9.17, 15) is 8.78 Å². The largest absolute Gasteiger partial charge is 0.376 e. The zero-order valence-corrected chi connectivity index (χ0v) is 21.8. The van der Waals surface area contributed by atoms with E-state index in [1.54, 1.807) is 24.3 Å². The van der Waals surface area contributed by atoms with Crippen LogP contribution >= 0.6 is 11.8 Å². The summed E-state index contributed by atoms with van der Waals surface area (Å²) in [6, 6.07) is 9.04. The molecule has 5 rings (SSSR count). The molecule has 1 atom stereocenters. The van der Waals surface area contributed by atoms with Crippen molar-refractivity contribution < 1.29 is 23.0 Å². The van der Waals surface area contributed by atoms with Crippen molar-refractivity contribution in [2.75, 3.05) is 31.4 Å². The Labute approximate surface area is 219 Å². The van der Waals surface area contributed by atoms with E-state index in [1.807, 2.05) is 12.3 Å². The molecular formula is C26H33F2N5O3S. The van der Waals surface area contributed by atoms with Gasteiger partial charge in [0.15, 0.2) is 17.3 Å². The summed E-state index contributed by atoms with van der Waals surface area (Å²) in [5.41, 5.74) is 1.10. The number of rotatable bonds is 10. The van der Waals surface area contributed by atoms with Gasteiger partial charge in [-0.2, -0.15) is 0 Å². The van der Waals surface area contributed by atoms with E-state index >= 15 is 0 Å². The van der Waals surface area contributed by atoms with E-state index in [-0.39, 0.29) is 24.3 Å². The van der Waals surface area contributed by atoms with Gasteiger partial charge in [-0.3, -0.25) is 4.57 Å². The Balaban J connectivity index is 1.20. The van der Waals surface area contributed by atoms with Gasteiger partial charge in [0.25, 0.3) is 6.43 Å². The molecule has 1 saturated heterocycles. The number of hydrogen-bond acceptors (Lipinski definition) is 8. The fourth-order valence-electron chi connectivity index (χ4n) is 4.94. The first-order valence-electron chi connectivity index (χ1n) is 12.9. The Hall–Kier alpha value is -2.34. The number of aromatic nitrogens is 4. The van der Waals surface area contributed by atoms with Gasteiger partial charge in [-0.05, 0) is 63.3 Å². The zero-order valence-electron chi connectivity index (χ0n) is 20.9. The van der Waals surface area contributed by atoms with Crippen LogP contribution < -0.4 is 5.32 Å². The summed E-state index contributed by atoms with van der Waals surface area (Å²) in [5, 5.41) is 4.01. The molecule has 0 amide bonds. The van der Waals surface area contributed by atoms with Gasteiger partial charge >= 0.3 is 0 Å². The molecule has 1 saturated carbocycles. The molecule has 200 valence electrons. The summed E-state index contributed by atoms with van der Waals surface area (Å²) in [7, 11) is 0. The average Bonchev–Trinajstić information content (AvgIpc) is 3.33. The summed E-state index contributed by atoms with van der Waals surface area (Å²) in [5.74, 6) is 0.678. The van der Waals surface area contributed by atoms with Gasteiger partial charge in [-0.25, -0.2) is 23.7 Å². The fourth-order valence-corrected chi connectivity index (χ4v) is 5.32. The lowest BCUT2D eigenvalue weighted by Crippen LogP contribution is -2.31.